The number of phenols is 2. The molecule has 2 aliphatic rings. The maximum absolute atomic E-state index is 10.9. The molecule has 4 aromatic rings. The van der Waals surface area contributed by atoms with Crippen LogP contribution in [0.15, 0.2) is 66.7 Å². The Bertz CT molecular complexity index is 1270. The summed E-state index contributed by atoms with van der Waals surface area (Å²) >= 11 is 0. The fourth-order valence-corrected chi connectivity index (χ4v) is 4.27. The normalized spacial score (nSPS) is 13.8. The number of rotatable bonds is 3. The Balaban J connectivity index is 1.59. The van der Waals surface area contributed by atoms with Gasteiger partial charge < -0.3 is 29.2 Å². The summed E-state index contributed by atoms with van der Waals surface area (Å²) in [6, 6.07) is 20.8. The van der Waals surface area contributed by atoms with E-state index in [1.54, 1.807) is 24.3 Å². The molecule has 2 N–H and O–H groups in total. The second kappa shape index (κ2) is 6.74. The summed E-state index contributed by atoms with van der Waals surface area (Å²) in [7, 11) is 0. The van der Waals surface area contributed by atoms with Gasteiger partial charge in [-0.1, -0.05) is 42.5 Å². The fraction of sp³-hybridized carbons (Fsp3) is 0.120. The SMILES string of the molecule is Oc1cc2c(cc1C(c1ccc3ccccc3c1)c1cc3c(cc1O)OCO3)OCO2. The first-order valence-electron chi connectivity index (χ1n) is 9.91. The van der Waals surface area contributed by atoms with E-state index < -0.39 is 5.92 Å². The molecule has 4 aromatic carbocycles. The monoisotopic (exact) mass is 414 g/mol. The Hall–Kier alpha value is -4.06. The van der Waals surface area contributed by atoms with Gasteiger partial charge in [0, 0.05) is 29.2 Å². The van der Waals surface area contributed by atoms with E-state index in [0.29, 0.717) is 34.1 Å². The van der Waals surface area contributed by atoms with Crippen LogP contribution in [-0.2, 0) is 0 Å². The first-order chi connectivity index (χ1) is 15.2. The molecule has 0 fully saturated rings. The summed E-state index contributed by atoms with van der Waals surface area (Å²) in [5.41, 5.74) is 2.09. The lowest BCUT2D eigenvalue weighted by molar-refractivity contribution is 0.173. The van der Waals surface area contributed by atoms with Gasteiger partial charge in [0.15, 0.2) is 23.0 Å². The van der Waals surface area contributed by atoms with Gasteiger partial charge in [0.1, 0.15) is 11.5 Å². The van der Waals surface area contributed by atoms with Crippen molar-refractivity contribution in [1.82, 2.24) is 0 Å². The highest BCUT2D eigenvalue weighted by Gasteiger charge is 2.29. The molecule has 0 amide bonds. The first-order valence-corrected chi connectivity index (χ1v) is 9.91. The topological polar surface area (TPSA) is 77.4 Å². The summed E-state index contributed by atoms with van der Waals surface area (Å²) in [5.74, 6) is 1.73. The minimum atomic E-state index is -0.478. The number of aromatic hydroxyl groups is 2. The maximum atomic E-state index is 10.9. The van der Waals surface area contributed by atoms with Crippen molar-refractivity contribution in [3.8, 4) is 34.5 Å². The number of benzene rings is 4. The van der Waals surface area contributed by atoms with Crippen LogP contribution in [0.1, 0.15) is 22.6 Å². The molecule has 154 valence electrons. The van der Waals surface area contributed by atoms with Crippen LogP contribution in [0.2, 0.25) is 0 Å². The maximum Gasteiger partial charge on any atom is 0.231 e. The quantitative estimate of drug-likeness (QED) is 0.465. The van der Waals surface area contributed by atoms with Gasteiger partial charge in [0.25, 0.3) is 0 Å². The van der Waals surface area contributed by atoms with Crippen molar-refractivity contribution in [2.75, 3.05) is 13.6 Å². The first kappa shape index (κ1) is 17.8. The Morgan fingerprint density at radius 1 is 0.581 bits per heavy atom. The molecule has 2 aliphatic heterocycles. The van der Waals surface area contributed by atoms with Crippen LogP contribution >= 0.6 is 0 Å². The molecule has 0 aliphatic carbocycles. The zero-order valence-corrected chi connectivity index (χ0v) is 16.4. The molecule has 0 saturated heterocycles. The third kappa shape index (κ3) is 2.87. The zero-order valence-electron chi connectivity index (χ0n) is 16.4. The van der Waals surface area contributed by atoms with Crippen LogP contribution in [0.25, 0.3) is 10.8 Å². The zero-order chi connectivity index (χ0) is 20.9. The molecule has 6 nitrogen and oxygen atoms in total. The predicted octanol–water partition coefficient (Wildman–Crippen LogP) is 4.89. The highest BCUT2D eigenvalue weighted by molar-refractivity contribution is 5.83. The molecule has 31 heavy (non-hydrogen) atoms. The summed E-state index contributed by atoms with van der Waals surface area (Å²) in [5, 5.41) is 24.0. The average molecular weight is 414 g/mol. The summed E-state index contributed by atoms with van der Waals surface area (Å²) in [4.78, 5) is 0. The molecule has 2 heterocycles. The number of hydrogen-bond acceptors (Lipinski definition) is 6. The second-order valence-corrected chi connectivity index (χ2v) is 7.57. The van der Waals surface area contributed by atoms with Crippen molar-refractivity contribution >= 4 is 10.8 Å². The van der Waals surface area contributed by atoms with Gasteiger partial charge in [-0.05, 0) is 28.5 Å². The van der Waals surface area contributed by atoms with Gasteiger partial charge in [0.05, 0.1) is 0 Å². The minimum Gasteiger partial charge on any atom is -0.507 e. The van der Waals surface area contributed by atoms with Gasteiger partial charge in [0.2, 0.25) is 13.6 Å². The predicted molar refractivity (Wildman–Crippen MR) is 113 cm³/mol. The molecular weight excluding hydrogens is 396 g/mol. The van der Waals surface area contributed by atoms with Crippen molar-refractivity contribution < 1.29 is 29.2 Å². The molecule has 0 unspecified atom stereocenters. The second-order valence-electron chi connectivity index (χ2n) is 7.57. The van der Waals surface area contributed by atoms with Gasteiger partial charge in [-0.2, -0.15) is 0 Å². The van der Waals surface area contributed by atoms with Crippen LogP contribution in [-0.4, -0.2) is 23.8 Å². The third-order valence-corrected chi connectivity index (χ3v) is 5.77. The Morgan fingerprint density at radius 2 is 1.10 bits per heavy atom. The summed E-state index contributed by atoms with van der Waals surface area (Å²) in [6.45, 7) is 0.211. The lowest BCUT2D eigenvalue weighted by Crippen LogP contribution is -2.05. The third-order valence-electron chi connectivity index (χ3n) is 5.77. The van der Waals surface area contributed by atoms with E-state index in [1.807, 2.05) is 36.4 Å². The molecule has 6 heteroatoms. The smallest absolute Gasteiger partial charge is 0.231 e. The number of ether oxygens (including phenoxy) is 4. The Kier molecular flexibility index (Phi) is 3.86. The Labute approximate surface area is 177 Å². The molecule has 0 atom stereocenters. The fourth-order valence-electron chi connectivity index (χ4n) is 4.27. The van der Waals surface area contributed by atoms with E-state index in [4.69, 9.17) is 18.9 Å². The summed E-state index contributed by atoms with van der Waals surface area (Å²) < 4.78 is 21.9. The van der Waals surface area contributed by atoms with Crippen LogP contribution < -0.4 is 18.9 Å². The van der Waals surface area contributed by atoms with E-state index in [-0.39, 0.29) is 25.1 Å². The largest absolute Gasteiger partial charge is 0.507 e. The van der Waals surface area contributed by atoms with Gasteiger partial charge in [-0.3, -0.25) is 0 Å². The minimum absolute atomic E-state index is 0.0551. The number of hydrogen-bond donors (Lipinski definition) is 2. The van der Waals surface area contributed by atoms with Crippen LogP contribution in [0.5, 0.6) is 34.5 Å². The lowest BCUT2D eigenvalue weighted by Gasteiger charge is -2.22. The number of fused-ring (bicyclic) bond motifs is 3. The van der Waals surface area contributed by atoms with E-state index in [9.17, 15) is 10.2 Å². The van der Waals surface area contributed by atoms with E-state index in [2.05, 4.69) is 6.07 Å². The van der Waals surface area contributed by atoms with Crippen molar-refractivity contribution in [2.24, 2.45) is 0 Å². The lowest BCUT2D eigenvalue weighted by atomic mass is 9.83. The summed E-state index contributed by atoms with van der Waals surface area (Å²) in [6.07, 6.45) is 0. The molecule has 0 radical (unpaired) electrons. The number of phenolic OH excluding ortho intramolecular Hbond substituents is 2. The molecule has 0 bridgehead atoms. The van der Waals surface area contributed by atoms with E-state index in [1.165, 1.54) is 0 Å². The van der Waals surface area contributed by atoms with Crippen molar-refractivity contribution in [2.45, 2.75) is 5.92 Å². The van der Waals surface area contributed by atoms with Crippen molar-refractivity contribution in [3.05, 3.63) is 83.4 Å². The molecular formula is C25H18O6. The molecule has 0 spiro atoms. The Morgan fingerprint density at radius 3 is 1.68 bits per heavy atom. The van der Waals surface area contributed by atoms with Crippen LogP contribution in [0.4, 0.5) is 0 Å². The van der Waals surface area contributed by atoms with Crippen molar-refractivity contribution in [3.63, 3.8) is 0 Å². The van der Waals surface area contributed by atoms with Gasteiger partial charge in [-0.25, -0.2) is 0 Å². The van der Waals surface area contributed by atoms with Gasteiger partial charge in [-0.15, -0.1) is 0 Å². The van der Waals surface area contributed by atoms with Crippen LogP contribution in [0, 0.1) is 0 Å². The van der Waals surface area contributed by atoms with Gasteiger partial charge >= 0.3 is 0 Å². The highest BCUT2D eigenvalue weighted by atomic mass is 16.7. The molecule has 6 rings (SSSR count). The van der Waals surface area contributed by atoms with E-state index in [0.717, 1.165) is 16.3 Å². The highest BCUT2D eigenvalue weighted by Crippen LogP contribution is 2.49. The van der Waals surface area contributed by atoms with E-state index >= 15 is 0 Å². The van der Waals surface area contributed by atoms with Crippen LogP contribution in [0.3, 0.4) is 0 Å². The van der Waals surface area contributed by atoms with Crippen molar-refractivity contribution in [1.29, 1.82) is 0 Å². The average Bonchev–Trinajstić information content (AvgIpc) is 3.42. The standard InChI is InChI=1S/C25H18O6/c26-19-10-23-21(28-12-30-23)8-17(19)25(16-6-5-14-3-1-2-4-15(14)7-16)18-9-22-24(11-20(18)27)31-13-29-22/h1-11,25-27H,12-13H2. The molecule has 0 aromatic heterocycles. The molecule has 0 saturated carbocycles.